The van der Waals surface area contributed by atoms with Crippen LogP contribution in [0.2, 0.25) is 0 Å². The van der Waals surface area contributed by atoms with Crippen LogP contribution in [0.3, 0.4) is 0 Å². The van der Waals surface area contributed by atoms with Crippen molar-refractivity contribution in [2.24, 2.45) is 0 Å². The first-order chi connectivity index (χ1) is 13.2. The van der Waals surface area contributed by atoms with Crippen LogP contribution in [-0.2, 0) is 9.47 Å². The Hall–Kier alpha value is -2.82. The maximum absolute atomic E-state index is 11.8. The zero-order valence-electron chi connectivity index (χ0n) is 15.4. The van der Waals surface area contributed by atoms with Gasteiger partial charge in [-0.05, 0) is 49.2 Å². The molecule has 0 amide bonds. The van der Waals surface area contributed by atoms with Gasteiger partial charge in [0.2, 0.25) is 0 Å². The van der Waals surface area contributed by atoms with E-state index in [-0.39, 0.29) is 17.7 Å². The van der Waals surface area contributed by atoms with Crippen LogP contribution in [0.4, 0.5) is 0 Å². The van der Waals surface area contributed by atoms with E-state index < -0.39 is 0 Å². The van der Waals surface area contributed by atoms with Crippen molar-refractivity contribution < 1.29 is 24.2 Å². The van der Waals surface area contributed by atoms with Gasteiger partial charge in [0.25, 0.3) is 0 Å². The molecule has 1 N–H and O–H groups in total. The lowest BCUT2D eigenvalue weighted by Gasteiger charge is -2.06. The van der Waals surface area contributed by atoms with Crippen LogP contribution in [0.15, 0.2) is 54.6 Å². The fourth-order valence-corrected chi connectivity index (χ4v) is 2.58. The van der Waals surface area contributed by atoms with Crippen molar-refractivity contribution >= 4 is 11.9 Å². The van der Waals surface area contributed by atoms with Crippen LogP contribution in [0.25, 0.3) is 0 Å². The zero-order chi connectivity index (χ0) is 19.3. The van der Waals surface area contributed by atoms with E-state index >= 15 is 0 Å². The molecule has 27 heavy (non-hydrogen) atoms. The number of benzene rings is 2. The number of rotatable bonds is 11. The van der Waals surface area contributed by atoms with Crippen molar-refractivity contribution in [3.63, 3.8) is 0 Å². The van der Waals surface area contributed by atoms with Gasteiger partial charge in [-0.1, -0.05) is 43.9 Å². The van der Waals surface area contributed by atoms with E-state index in [1.54, 1.807) is 24.3 Å². The number of unbranched alkanes of at least 4 members (excludes halogenated alkanes) is 5. The van der Waals surface area contributed by atoms with Gasteiger partial charge in [-0.25, -0.2) is 9.59 Å². The molecule has 2 aromatic carbocycles. The Morgan fingerprint density at radius 2 is 1.07 bits per heavy atom. The van der Waals surface area contributed by atoms with Crippen LogP contribution in [0.5, 0.6) is 5.75 Å². The molecule has 0 saturated carbocycles. The molecule has 2 aromatic rings. The Balaban J connectivity index is 1.43. The van der Waals surface area contributed by atoms with Gasteiger partial charge in [-0.2, -0.15) is 0 Å². The minimum atomic E-state index is -0.366. The second-order valence-electron chi connectivity index (χ2n) is 6.31. The summed E-state index contributed by atoms with van der Waals surface area (Å²) in [5, 5.41) is 9.19. The third-order valence-corrected chi connectivity index (χ3v) is 4.12. The van der Waals surface area contributed by atoms with Crippen molar-refractivity contribution in [3.8, 4) is 5.75 Å². The molecule has 0 aromatic heterocycles. The van der Waals surface area contributed by atoms with E-state index in [0.717, 1.165) is 38.5 Å². The van der Waals surface area contributed by atoms with Crippen LogP contribution < -0.4 is 0 Å². The number of phenolic OH excluding ortho intramolecular Hbond substituents is 1. The van der Waals surface area contributed by atoms with Crippen molar-refractivity contribution in [2.45, 2.75) is 38.5 Å². The first kappa shape index (κ1) is 20.5. The summed E-state index contributed by atoms with van der Waals surface area (Å²) in [5.74, 6) is -0.511. The summed E-state index contributed by atoms with van der Waals surface area (Å²) in [7, 11) is 0. The lowest BCUT2D eigenvalue weighted by Crippen LogP contribution is -2.06. The molecule has 0 fully saturated rings. The van der Waals surface area contributed by atoms with Gasteiger partial charge in [0.05, 0.1) is 24.3 Å². The summed E-state index contributed by atoms with van der Waals surface area (Å²) in [6, 6.07) is 15.0. The predicted molar refractivity (Wildman–Crippen MR) is 103 cm³/mol. The molecular weight excluding hydrogens is 344 g/mol. The van der Waals surface area contributed by atoms with Crippen molar-refractivity contribution in [1.29, 1.82) is 0 Å². The van der Waals surface area contributed by atoms with E-state index in [1.807, 2.05) is 18.2 Å². The molecule has 0 bridgehead atoms. The zero-order valence-corrected chi connectivity index (χ0v) is 15.4. The van der Waals surface area contributed by atoms with E-state index in [0.29, 0.717) is 24.3 Å². The van der Waals surface area contributed by atoms with Gasteiger partial charge in [-0.15, -0.1) is 0 Å². The highest BCUT2D eigenvalue weighted by Crippen LogP contribution is 2.11. The van der Waals surface area contributed by atoms with Crippen molar-refractivity contribution in [3.05, 3.63) is 65.7 Å². The average molecular weight is 370 g/mol. The number of carbonyl (C=O) groups excluding carboxylic acids is 2. The molecule has 5 nitrogen and oxygen atoms in total. The Morgan fingerprint density at radius 1 is 0.630 bits per heavy atom. The minimum absolute atomic E-state index is 0.126. The second kappa shape index (κ2) is 11.7. The Kier molecular flexibility index (Phi) is 8.90. The van der Waals surface area contributed by atoms with Gasteiger partial charge in [0.15, 0.2) is 0 Å². The summed E-state index contributed by atoms with van der Waals surface area (Å²) in [4.78, 5) is 23.5. The molecule has 2 rings (SSSR count). The molecule has 0 aliphatic rings. The molecule has 0 heterocycles. The Labute approximate surface area is 159 Å². The normalized spacial score (nSPS) is 10.4. The van der Waals surface area contributed by atoms with Crippen molar-refractivity contribution in [2.75, 3.05) is 13.2 Å². The summed E-state index contributed by atoms with van der Waals surface area (Å²) in [5.41, 5.74) is 1.03. The molecule has 0 radical (unpaired) electrons. The third-order valence-electron chi connectivity index (χ3n) is 4.12. The largest absolute Gasteiger partial charge is 0.508 e. The van der Waals surface area contributed by atoms with Crippen LogP contribution >= 0.6 is 0 Å². The molecule has 0 spiro atoms. The van der Waals surface area contributed by atoms with Gasteiger partial charge in [-0.3, -0.25) is 0 Å². The van der Waals surface area contributed by atoms with Gasteiger partial charge in [0, 0.05) is 0 Å². The van der Waals surface area contributed by atoms with Crippen molar-refractivity contribution in [1.82, 2.24) is 0 Å². The number of esters is 2. The van der Waals surface area contributed by atoms with Crippen LogP contribution in [0.1, 0.15) is 59.2 Å². The summed E-state index contributed by atoms with van der Waals surface area (Å²) in [6.45, 7) is 0.840. The molecular formula is C22H26O5. The highest BCUT2D eigenvalue weighted by molar-refractivity contribution is 5.89. The van der Waals surface area contributed by atoms with E-state index in [4.69, 9.17) is 9.47 Å². The Bertz CT molecular complexity index is 694. The van der Waals surface area contributed by atoms with Gasteiger partial charge < -0.3 is 14.6 Å². The molecule has 144 valence electrons. The highest BCUT2D eigenvalue weighted by Gasteiger charge is 2.07. The number of carbonyl (C=O) groups is 2. The quantitative estimate of drug-likeness (QED) is 0.457. The summed E-state index contributed by atoms with van der Waals surface area (Å²) < 4.78 is 10.4. The smallest absolute Gasteiger partial charge is 0.338 e. The standard InChI is InChI=1S/C22H26O5/c23-20-14-12-19(13-15-20)22(25)27-17-9-4-2-1-3-8-16-26-21(24)18-10-6-5-7-11-18/h5-7,10-15,23H,1-4,8-9,16-17H2. The second-order valence-corrected chi connectivity index (χ2v) is 6.31. The topological polar surface area (TPSA) is 72.8 Å². The first-order valence-corrected chi connectivity index (χ1v) is 9.35. The van der Waals surface area contributed by atoms with E-state index in [2.05, 4.69) is 0 Å². The maximum atomic E-state index is 11.8. The predicted octanol–water partition coefficient (Wildman–Crippen LogP) is 4.75. The molecule has 0 atom stereocenters. The first-order valence-electron chi connectivity index (χ1n) is 9.35. The fourth-order valence-electron chi connectivity index (χ4n) is 2.58. The third kappa shape index (κ3) is 7.94. The minimum Gasteiger partial charge on any atom is -0.508 e. The molecule has 0 saturated heterocycles. The SMILES string of the molecule is O=C(OCCCCCCCCOC(=O)c1ccc(O)cc1)c1ccccc1. The maximum Gasteiger partial charge on any atom is 0.338 e. The number of hydrogen-bond donors (Lipinski definition) is 1. The fraction of sp³-hybridized carbons (Fsp3) is 0.364. The average Bonchev–Trinajstić information content (AvgIpc) is 2.70. The lowest BCUT2D eigenvalue weighted by atomic mass is 10.1. The van der Waals surface area contributed by atoms with E-state index in [9.17, 15) is 14.7 Å². The van der Waals surface area contributed by atoms with Crippen LogP contribution in [-0.4, -0.2) is 30.3 Å². The number of phenols is 1. The molecule has 0 aliphatic heterocycles. The van der Waals surface area contributed by atoms with Crippen LogP contribution in [0, 0.1) is 0 Å². The lowest BCUT2D eigenvalue weighted by molar-refractivity contribution is 0.0484. The molecule has 0 unspecified atom stereocenters. The van der Waals surface area contributed by atoms with Gasteiger partial charge >= 0.3 is 11.9 Å². The van der Waals surface area contributed by atoms with Gasteiger partial charge in [0.1, 0.15) is 5.75 Å². The highest BCUT2D eigenvalue weighted by atomic mass is 16.5. The van der Waals surface area contributed by atoms with E-state index in [1.165, 1.54) is 12.1 Å². The monoisotopic (exact) mass is 370 g/mol. The number of ether oxygens (including phenoxy) is 2. The Morgan fingerprint density at radius 3 is 1.59 bits per heavy atom. The summed E-state index contributed by atoms with van der Waals surface area (Å²) in [6.07, 6.45) is 5.81. The molecule has 5 heteroatoms. The number of aromatic hydroxyl groups is 1. The number of hydrogen-bond acceptors (Lipinski definition) is 5. The molecule has 0 aliphatic carbocycles. The summed E-state index contributed by atoms with van der Waals surface area (Å²) >= 11 is 0.